The van der Waals surface area contributed by atoms with E-state index in [2.05, 4.69) is 13.2 Å². The Bertz CT molecular complexity index is 1500. The Morgan fingerprint density at radius 3 is 2.35 bits per heavy atom. The van der Waals surface area contributed by atoms with Gasteiger partial charge in [0.05, 0.1) is 40.8 Å². The molecule has 1 N–H and O–H groups in total. The van der Waals surface area contributed by atoms with Crippen molar-refractivity contribution in [2.75, 3.05) is 29.5 Å². The smallest absolute Gasteiger partial charge is 0.253 e. The van der Waals surface area contributed by atoms with E-state index in [-0.39, 0.29) is 49.3 Å². The van der Waals surface area contributed by atoms with Crippen LogP contribution < -0.4 is 9.80 Å². The highest BCUT2D eigenvalue weighted by Gasteiger charge is 2.80. The Morgan fingerprint density at radius 1 is 1.11 bits per heavy atom. The van der Waals surface area contributed by atoms with Gasteiger partial charge in [-0.05, 0) is 55.9 Å². The highest BCUT2D eigenvalue weighted by molar-refractivity contribution is 6.34. The van der Waals surface area contributed by atoms with Crippen LogP contribution in [0.3, 0.4) is 0 Å². The largest absolute Gasteiger partial charge is 0.394 e. The van der Waals surface area contributed by atoms with Crippen LogP contribution >= 0.6 is 11.6 Å². The average Bonchev–Trinajstić information content (AvgIpc) is 3.55. The Hall–Kier alpha value is -3.46. The molecule has 246 valence electrons. The first kappa shape index (κ1) is 33.9. The third kappa shape index (κ3) is 5.09. The number of benzene rings is 2. The Kier molecular flexibility index (Phi) is 9.56. The van der Waals surface area contributed by atoms with Gasteiger partial charge in [0.15, 0.2) is 0 Å². The van der Waals surface area contributed by atoms with Gasteiger partial charge >= 0.3 is 0 Å². The number of carbonyl (C=O) groups is 3. The quantitative estimate of drug-likeness (QED) is 0.294. The van der Waals surface area contributed by atoms with E-state index in [0.717, 1.165) is 5.56 Å². The summed E-state index contributed by atoms with van der Waals surface area (Å²) in [5.41, 5.74) is -0.290. The minimum absolute atomic E-state index is 0.129. The molecule has 0 radical (unpaired) electrons. The fourth-order valence-electron chi connectivity index (χ4n) is 8.26. The predicted molar refractivity (Wildman–Crippen MR) is 182 cm³/mol. The topological polar surface area (TPSA) is 90.4 Å². The second kappa shape index (κ2) is 13.0. The molecule has 2 aromatic rings. The van der Waals surface area contributed by atoms with Crippen molar-refractivity contribution in [2.45, 2.75) is 70.7 Å². The normalized spacial score (nSPS) is 29.3. The van der Waals surface area contributed by atoms with E-state index in [4.69, 9.17) is 16.3 Å². The standard InChI is InChI=1S/C37H46ClN3O5/c1-8-19-39(26-16-12-11-13-17-26)33(43)29-30-34(44)41(28(22-42)23(4)10-3)32(37(30)21-25(6)36(29,7)46-37)35(45)40(20-9-2)31-24(5)15-14-18-27(31)38/h8-9,11-18,23,25,28-30,32,42H,1-2,10,19-22H2,3-7H3/t23-,25?,28-,29+,30-,32?,36-,37?/m0/s1. The van der Waals surface area contributed by atoms with Crippen molar-refractivity contribution in [3.05, 3.63) is 84.4 Å². The van der Waals surface area contributed by atoms with Gasteiger partial charge in [-0.1, -0.05) is 81.3 Å². The first-order valence-corrected chi connectivity index (χ1v) is 16.6. The molecule has 46 heavy (non-hydrogen) atoms. The average molecular weight is 648 g/mol. The van der Waals surface area contributed by atoms with Gasteiger partial charge in [0, 0.05) is 18.8 Å². The molecular formula is C37H46ClN3O5. The highest BCUT2D eigenvalue weighted by Crippen LogP contribution is 2.66. The fourth-order valence-corrected chi connectivity index (χ4v) is 8.59. The van der Waals surface area contributed by atoms with Gasteiger partial charge < -0.3 is 24.5 Å². The number of nitrogens with zero attached hydrogens (tertiary/aromatic N) is 3. The van der Waals surface area contributed by atoms with Crippen LogP contribution in [0, 0.1) is 30.6 Å². The van der Waals surface area contributed by atoms with Gasteiger partial charge in [-0.2, -0.15) is 0 Å². The van der Waals surface area contributed by atoms with Crippen molar-refractivity contribution >= 4 is 40.7 Å². The van der Waals surface area contributed by atoms with Crippen molar-refractivity contribution in [1.29, 1.82) is 0 Å². The number of carbonyl (C=O) groups excluding carboxylic acids is 3. The number of halogens is 1. The van der Waals surface area contributed by atoms with Crippen molar-refractivity contribution in [3.63, 3.8) is 0 Å². The second-order valence-electron chi connectivity index (χ2n) is 13.3. The molecule has 3 amide bonds. The zero-order chi connectivity index (χ0) is 33.6. The lowest BCUT2D eigenvalue weighted by atomic mass is 9.62. The molecule has 3 fully saturated rings. The molecule has 3 aliphatic rings. The molecule has 8 atom stereocenters. The van der Waals surface area contributed by atoms with Crippen LogP contribution in [-0.4, -0.2) is 70.7 Å². The van der Waals surface area contributed by atoms with E-state index in [1.54, 1.807) is 32.9 Å². The van der Waals surface area contributed by atoms with E-state index in [1.165, 1.54) is 0 Å². The van der Waals surface area contributed by atoms with Crippen LogP contribution in [0.2, 0.25) is 5.02 Å². The third-order valence-corrected chi connectivity index (χ3v) is 11.1. The molecule has 3 heterocycles. The summed E-state index contributed by atoms with van der Waals surface area (Å²) in [5.74, 6) is -3.03. The van der Waals surface area contributed by atoms with Gasteiger partial charge in [-0.15, -0.1) is 13.2 Å². The fraction of sp³-hybridized carbons (Fsp3) is 0.486. The molecule has 3 saturated heterocycles. The molecule has 5 rings (SSSR count). The van der Waals surface area contributed by atoms with Crippen molar-refractivity contribution in [3.8, 4) is 0 Å². The summed E-state index contributed by atoms with van der Waals surface area (Å²) < 4.78 is 7.02. The number of likely N-dealkylation sites (tertiary alicyclic amines) is 1. The molecule has 0 saturated carbocycles. The molecule has 0 aliphatic carbocycles. The number of ether oxygens (including phenoxy) is 1. The number of amides is 3. The number of rotatable bonds is 12. The van der Waals surface area contributed by atoms with Crippen LogP contribution in [0.1, 0.15) is 46.1 Å². The number of aliphatic hydroxyl groups excluding tert-OH is 1. The second-order valence-corrected chi connectivity index (χ2v) is 13.7. The van der Waals surface area contributed by atoms with Gasteiger partial charge in [-0.25, -0.2) is 0 Å². The van der Waals surface area contributed by atoms with Crippen LogP contribution in [0.25, 0.3) is 0 Å². The summed E-state index contributed by atoms with van der Waals surface area (Å²) in [5, 5.41) is 11.2. The number of anilines is 2. The maximum Gasteiger partial charge on any atom is 0.253 e. The molecule has 3 aliphatic heterocycles. The number of aryl methyl sites for hydroxylation is 1. The Balaban J connectivity index is 1.70. The molecule has 2 aromatic carbocycles. The summed E-state index contributed by atoms with van der Waals surface area (Å²) in [7, 11) is 0. The molecule has 2 bridgehead atoms. The third-order valence-electron chi connectivity index (χ3n) is 10.8. The van der Waals surface area contributed by atoms with Crippen molar-refractivity contribution in [2.24, 2.45) is 23.7 Å². The monoisotopic (exact) mass is 647 g/mol. The Morgan fingerprint density at radius 2 is 1.76 bits per heavy atom. The number of fused-ring (bicyclic) bond motifs is 1. The summed E-state index contributed by atoms with van der Waals surface area (Å²) in [4.78, 5) is 49.7. The molecule has 3 unspecified atom stereocenters. The summed E-state index contributed by atoms with van der Waals surface area (Å²) >= 11 is 6.72. The SMILES string of the molecule is C=CCN(C(=O)[C@H]1[C@H]2C(=O)N([C@@H](CO)[C@@H](C)CC)C(C(=O)N(CC=C)c3c(C)cccc3Cl)C23CC(C)[C@]1(C)O3)c1ccccc1. The summed E-state index contributed by atoms with van der Waals surface area (Å²) in [6, 6.07) is 13.0. The van der Waals surface area contributed by atoms with Crippen molar-refractivity contribution < 1.29 is 24.2 Å². The number of aliphatic hydroxyl groups is 1. The lowest BCUT2D eigenvalue weighted by Crippen LogP contribution is -2.60. The lowest BCUT2D eigenvalue weighted by molar-refractivity contribution is -0.150. The van der Waals surface area contributed by atoms with Crippen LogP contribution in [0.15, 0.2) is 73.8 Å². The van der Waals surface area contributed by atoms with Gasteiger partial charge in [-0.3, -0.25) is 14.4 Å². The molecule has 1 spiro atoms. The van der Waals surface area contributed by atoms with Crippen molar-refractivity contribution in [1.82, 2.24) is 4.90 Å². The lowest BCUT2D eigenvalue weighted by Gasteiger charge is -2.41. The van der Waals surface area contributed by atoms with E-state index >= 15 is 4.79 Å². The van der Waals surface area contributed by atoms with Crippen LogP contribution in [0.4, 0.5) is 11.4 Å². The molecular weight excluding hydrogens is 602 g/mol. The zero-order valence-corrected chi connectivity index (χ0v) is 28.2. The minimum atomic E-state index is -1.30. The van der Waals surface area contributed by atoms with E-state index in [9.17, 15) is 14.7 Å². The predicted octanol–water partition coefficient (Wildman–Crippen LogP) is 5.80. The van der Waals surface area contributed by atoms with E-state index < -0.39 is 35.1 Å². The van der Waals surface area contributed by atoms with Crippen LogP contribution in [0.5, 0.6) is 0 Å². The first-order valence-electron chi connectivity index (χ1n) is 16.2. The molecule has 0 aromatic heterocycles. The number of hydrogen-bond acceptors (Lipinski definition) is 5. The summed E-state index contributed by atoms with van der Waals surface area (Å²) in [6.07, 6.45) is 4.38. The highest BCUT2D eigenvalue weighted by atomic mass is 35.5. The van der Waals surface area contributed by atoms with E-state index in [0.29, 0.717) is 29.2 Å². The number of para-hydroxylation sites is 2. The maximum absolute atomic E-state index is 15.2. The first-order chi connectivity index (χ1) is 21.9. The number of hydrogen-bond donors (Lipinski definition) is 1. The van der Waals surface area contributed by atoms with Gasteiger partial charge in [0.25, 0.3) is 5.91 Å². The molecule has 8 nitrogen and oxygen atoms in total. The van der Waals surface area contributed by atoms with Gasteiger partial charge in [0.1, 0.15) is 11.6 Å². The van der Waals surface area contributed by atoms with Gasteiger partial charge in [0.2, 0.25) is 11.8 Å². The molecule has 9 heteroatoms. The minimum Gasteiger partial charge on any atom is -0.394 e. The summed E-state index contributed by atoms with van der Waals surface area (Å²) in [6.45, 7) is 17.6. The zero-order valence-electron chi connectivity index (χ0n) is 27.5. The maximum atomic E-state index is 15.2. The van der Waals surface area contributed by atoms with Crippen LogP contribution in [-0.2, 0) is 19.1 Å². The van der Waals surface area contributed by atoms with E-state index in [1.807, 2.05) is 77.1 Å². The Labute approximate surface area is 277 Å².